The topological polar surface area (TPSA) is 119 Å². The minimum Gasteiger partial charge on any atom is -0.507 e. The Bertz CT molecular complexity index is 1160. The lowest BCUT2D eigenvalue weighted by atomic mass is 10.1. The summed E-state index contributed by atoms with van der Waals surface area (Å²) in [5.41, 5.74) is 0.461. The number of anilines is 1. The van der Waals surface area contributed by atoms with E-state index in [0.717, 1.165) is 0 Å². The molecule has 0 bridgehead atoms. The van der Waals surface area contributed by atoms with Gasteiger partial charge in [-0.3, -0.25) is 14.9 Å². The summed E-state index contributed by atoms with van der Waals surface area (Å²) in [5, 5.41) is 23.5. The van der Waals surface area contributed by atoms with Gasteiger partial charge in [-0.05, 0) is 62.8 Å². The second kappa shape index (κ2) is 9.88. The minimum atomic E-state index is -1.33. The van der Waals surface area contributed by atoms with E-state index in [0.29, 0.717) is 13.6 Å². The van der Waals surface area contributed by atoms with Gasteiger partial charge in [-0.25, -0.2) is 4.79 Å². The van der Waals surface area contributed by atoms with Crippen LogP contribution in [0.1, 0.15) is 22.0 Å². The molecule has 1 unspecified atom stereocenters. The number of nitro groups is 1. The summed E-state index contributed by atoms with van der Waals surface area (Å²) in [6.07, 6.45) is -1.33. The van der Waals surface area contributed by atoms with Gasteiger partial charge in [0.1, 0.15) is 11.3 Å². The quantitative estimate of drug-likeness (QED) is 0.175. The number of nitrogens with zero attached hydrogens (tertiary/aromatic N) is 1. The average Bonchev–Trinajstić information content (AvgIpc) is 2.75. The van der Waals surface area contributed by atoms with Crippen molar-refractivity contribution in [3.63, 3.8) is 0 Å². The maximum Gasteiger partial charge on any atom is 0.343 e. The summed E-state index contributed by atoms with van der Waals surface area (Å²) in [6, 6.07) is 16.7. The molecule has 0 heterocycles. The highest BCUT2D eigenvalue weighted by atomic mass is 127. The van der Waals surface area contributed by atoms with Gasteiger partial charge in [0, 0.05) is 25.7 Å². The smallest absolute Gasteiger partial charge is 0.343 e. The number of phenols is 1. The first-order chi connectivity index (χ1) is 14.8. The maximum atomic E-state index is 13.0. The monoisotopic (exact) mass is 596 g/mol. The van der Waals surface area contributed by atoms with E-state index in [-0.39, 0.29) is 22.7 Å². The highest BCUT2D eigenvalue weighted by Crippen LogP contribution is 2.30. The molecule has 0 saturated heterocycles. The average molecular weight is 597 g/mol. The second-order valence-corrected chi connectivity index (χ2v) is 8.37. The van der Waals surface area contributed by atoms with E-state index in [1.807, 2.05) is 22.6 Å². The first-order valence-corrected chi connectivity index (χ1v) is 10.6. The van der Waals surface area contributed by atoms with Crippen LogP contribution in [0.2, 0.25) is 0 Å². The number of non-ortho nitro benzene ring substituents is 1. The molecule has 0 spiro atoms. The highest BCUT2D eigenvalue weighted by Gasteiger charge is 2.27. The largest absolute Gasteiger partial charge is 0.507 e. The molecule has 0 aliphatic rings. The maximum absolute atomic E-state index is 13.0. The molecule has 0 fully saturated rings. The number of nitrogens with one attached hydrogen (secondary N) is 1. The van der Waals surface area contributed by atoms with Crippen LogP contribution in [0.25, 0.3) is 0 Å². The van der Waals surface area contributed by atoms with E-state index in [4.69, 9.17) is 4.74 Å². The molecule has 0 aliphatic heterocycles. The van der Waals surface area contributed by atoms with Crippen molar-refractivity contribution < 1.29 is 24.4 Å². The van der Waals surface area contributed by atoms with Gasteiger partial charge in [0.2, 0.25) is 6.10 Å². The summed E-state index contributed by atoms with van der Waals surface area (Å²) in [7, 11) is 0. The summed E-state index contributed by atoms with van der Waals surface area (Å²) in [4.78, 5) is 36.0. The molecule has 0 aliphatic carbocycles. The van der Waals surface area contributed by atoms with Crippen molar-refractivity contribution in [1.29, 1.82) is 0 Å². The van der Waals surface area contributed by atoms with Gasteiger partial charge >= 0.3 is 5.97 Å². The van der Waals surface area contributed by atoms with Crippen LogP contribution in [0.15, 0.2) is 71.2 Å². The number of rotatable bonds is 6. The number of halogens is 2. The van der Waals surface area contributed by atoms with Gasteiger partial charge in [-0.2, -0.15) is 0 Å². The zero-order valence-corrected chi connectivity index (χ0v) is 19.4. The third kappa shape index (κ3) is 5.58. The molecular weight excluding hydrogens is 583 g/mol. The van der Waals surface area contributed by atoms with E-state index in [9.17, 15) is 24.8 Å². The van der Waals surface area contributed by atoms with Crippen LogP contribution in [-0.2, 0) is 9.53 Å². The Morgan fingerprint density at radius 2 is 1.81 bits per heavy atom. The number of carbonyl (C=O) groups is 2. The van der Waals surface area contributed by atoms with Crippen molar-refractivity contribution in [2.75, 3.05) is 5.32 Å². The fraction of sp³-hybridized carbons (Fsp3) is 0.0476. The molecule has 1 atom stereocenters. The van der Waals surface area contributed by atoms with E-state index >= 15 is 0 Å². The molecule has 10 heteroatoms. The summed E-state index contributed by atoms with van der Waals surface area (Å²) < 4.78 is 6.46. The summed E-state index contributed by atoms with van der Waals surface area (Å²) >= 11 is 5.18. The number of aromatic hydroxyl groups is 1. The van der Waals surface area contributed by atoms with E-state index in [2.05, 4.69) is 21.2 Å². The van der Waals surface area contributed by atoms with Crippen molar-refractivity contribution in [1.82, 2.24) is 0 Å². The van der Waals surface area contributed by atoms with Gasteiger partial charge < -0.3 is 15.2 Å². The third-order valence-corrected chi connectivity index (χ3v) is 5.49. The lowest BCUT2D eigenvalue weighted by molar-refractivity contribution is -0.384. The van der Waals surface area contributed by atoms with E-state index in [1.54, 1.807) is 36.4 Å². The van der Waals surface area contributed by atoms with Crippen LogP contribution in [0.4, 0.5) is 11.4 Å². The van der Waals surface area contributed by atoms with Crippen LogP contribution < -0.4 is 5.32 Å². The number of hydrogen-bond donors (Lipinski definition) is 2. The number of benzene rings is 3. The van der Waals surface area contributed by atoms with E-state index in [1.165, 1.54) is 30.3 Å². The van der Waals surface area contributed by atoms with Crippen molar-refractivity contribution in [2.24, 2.45) is 0 Å². The van der Waals surface area contributed by atoms with Gasteiger partial charge in [0.25, 0.3) is 11.6 Å². The number of amides is 1. The SMILES string of the molecule is O=C(OC(C(=O)Nc1ccc([N+](=O)[O-])cc1Br)c1ccccc1)c1cc(I)ccc1O. The Hall–Kier alpha value is -2.99. The van der Waals surface area contributed by atoms with Crippen molar-refractivity contribution >= 4 is 61.8 Å². The Kier molecular flexibility index (Phi) is 7.23. The molecule has 3 aromatic rings. The number of nitro benzene ring substituents is 1. The second-order valence-electron chi connectivity index (χ2n) is 6.27. The Morgan fingerprint density at radius 1 is 1.10 bits per heavy atom. The van der Waals surface area contributed by atoms with Gasteiger partial charge in [0.05, 0.1) is 10.6 Å². The molecule has 8 nitrogen and oxygen atoms in total. The van der Waals surface area contributed by atoms with Crippen LogP contribution in [0.5, 0.6) is 5.75 Å². The van der Waals surface area contributed by atoms with Crippen molar-refractivity contribution in [2.45, 2.75) is 6.10 Å². The zero-order valence-electron chi connectivity index (χ0n) is 15.6. The Morgan fingerprint density at radius 3 is 2.45 bits per heavy atom. The predicted molar refractivity (Wildman–Crippen MR) is 125 cm³/mol. The number of esters is 1. The lowest BCUT2D eigenvalue weighted by Gasteiger charge is -2.19. The number of phenolic OH excluding ortho intramolecular Hbond substituents is 1. The number of ether oxygens (including phenoxy) is 1. The van der Waals surface area contributed by atoms with Gasteiger partial charge in [0.15, 0.2) is 0 Å². The molecule has 1 amide bonds. The normalized spacial score (nSPS) is 11.4. The third-order valence-electron chi connectivity index (χ3n) is 4.17. The molecule has 2 N–H and O–H groups in total. The first-order valence-electron chi connectivity index (χ1n) is 8.75. The molecule has 0 radical (unpaired) electrons. The Labute approximate surface area is 198 Å². The predicted octanol–water partition coefficient (Wildman–Crippen LogP) is 5.20. The molecule has 158 valence electrons. The minimum absolute atomic E-state index is 0.0721. The summed E-state index contributed by atoms with van der Waals surface area (Å²) in [5.74, 6) is -1.81. The molecule has 3 aromatic carbocycles. The van der Waals surface area contributed by atoms with Gasteiger partial charge in [-0.1, -0.05) is 30.3 Å². The van der Waals surface area contributed by atoms with Gasteiger partial charge in [-0.15, -0.1) is 0 Å². The first kappa shape index (κ1) is 22.7. The van der Waals surface area contributed by atoms with Crippen LogP contribution in [0.3, 0.4) is 0 Å². The Balaban J connectivity index is 1.89. The fourth-order valence-electron chi connectivity index (χ4n) is 2.66. The van der Waals surface area contributed by atoms with Crippen LogP contribution in [0, 0.1) is 13.7 Å². The fourth-order valence-corrected chi connectivity index (χ4v) is 3.62. The lowest BCUT2D eigenvalue weighted by Crippen LogP contribution is -2.26. The summed E-state index contributed by atoms with van der Waals surface area (Å²) in [6.45, 7) is 0. The molecule has 0 saturated carbocycles. The van der Waals surface area contributed by atoms with Crippen LogP contribution >= 0.6 is 38.5 Å². The molecule has 31 heavy (non-hydrogen) atoms. The zero-order chi connectivity index (χ0) is 22.5. The van der Waals surface area contributed by atoms with Crippen molar-refractivity contribution in [3.05, 3.63) is 96.0 Å². The number of hydrogen-bond acceptors (Lipinski definition) is 6. The van der Waals surface area contributed by atoms with Crippen LogP contribution in [-0.4, -0.2) is 21.9 Å². The van der Waals surface area contributed by atoms with E-state index < -0.39 is 22.9 Å². The molecule has 0 aromatic heterocycles. The highest BCUT2D eigenvalue weighted by molar-refractivity contribution is 14.1. The molecular formula is C21H14BrIN2O6. The standard InChI is InChI=1S/C21H14BrIN2O6/c22-16-11-14(25(29)30)7-8-17(16)24-20(27)19(12-4-2-1-3-5-12)31-21(28)15-10-13(23)6-9-18(15)26/h1-11,19,26H,(H,24,27). The number of carbonyl (C=O) groups excluding carboxylic acids is 2. The van der Waals surface area contributed by atoms with Crippen molar-refractivity contribution in [3.8, 4) is 5.75 Å². The molecule has 3 rings (SSSR count).